The van der Waals surface area contributed by atoms with Crippen molar-refractivity contribution in [3.63, 3.8) is 0 Å². The molecule has 0 spiro atoms. The Balaban J connectivity index is 2.81. The molecule has 0 heterocycles. The number of sulfonamides is 1. The van der Waals surface area contributed by atoms with Crippen molar-refractivity contribution in [2.24, 2.45) is 5.73 Å². The first-order valence-electron chi connectivity index (χ1n) is 6.14. The molecule has 0 aliphatic heterocycles. The van der Waals surface area contributed by atoms with Gasteiger partial charge in [0, 0.05) is 5.69 Å². The van der Waals surface area contributed by atoms with Crippen molar-refractivity contribution in [2.45, 2.75) is 11.8 Å². The molecule has 0 aromatic heterocycles. The summed E-state index contributed by atoms with van der Waals surface area (Å²) in [7, 11) is -4.03. The number of ether oxygens (including phenoxy) is 1. The highest BCUT2D eigenvalue weighted by molar-refractivity contribution is 7.90. The van der Waals surface area contributed by atoms with Gasteiger partial charge in [0.2, 0.25) is 5.91 Å². The molecule has 0 bridgehead atoms. The van der Waals surface area contributed by atoms with Crippen LogP contribution in [0, 0.1) is 0 Å². The van der Waals surface area contributed by atoms with Crippen molar-refractivity contribution in [2.75, 3.05) is 18.5 Å². The summed E-state index contributed by atoms with van der Waals surface area (Å²) in [5.74, 6) is -2.87. The molecule has 10 heteroatoms. The minimum atomic E-state index is -4.03. The summed E-state index contributed by atoms with van der Waals surface area (Å²) in [4.78, 5) is 33.4. The van der Waals surface area contributed by atoms with E-state index in [4.69, 9.17) is 5.73 Å². The molecular formula is C12H15N3O6S. The van der Waals surface area contributed by atoms with Crippen molar-refractivity contribution in [3.8, 4) is 0 Å². The first-order valence-corrected chi connectivity index (χ1v) is 7.62. The lowest BCUT2D eigenvalue weighted by Gasteiger charge is -2.07. The molecule has 0 radical (unpaired) electrons. The third-order valence-corrected chi connectivity index (χ3v) is 3.71. The second-order valence-electron chi connectivity index (χ2n) is 3.93. The molecule has 0 aliphatic carbocycles. The zero-order valence-electron chi connectivity index (χ0n) is 11.7. The minimum Gasteiger partial charge on any atom is -0.459 e. The van der Waals surface area contributed by atoms with E-state index in [1.807, 2.05) is 0 Å². The quantitative estimate of drug-likeness (QED) is 0.462. The van der Waals surface area contributed by atoms with E-state index in [0.29, 0.717) is 0 Å². The van der Waals surface area contributed by atoms with Crippen molar-refractivity contribution in [1.29, 1.82) is 0 Å². The fraction of sp³-hybridized carbons (Fsp3) is 0.250. The summed E-state index contributed by atoms with van der Waals surface area (Å²) < 4.78 is 29.8. The maximum absolute atomic E-state index is 11.8. The number of rotatable bonds is 5. The zero-order chi connectivity index (χ0) is 16.8. The second-order valence-corrected chi connectivity index (χ2v) is 5.61. The summed E-state index contributed by atoms with van der Waals surface area (Å²) in [6.45, 7) is 1.15. The van der Waals surface area contributed by atoms with Gasteiger partial charge in [-0.3, -0.25) is 9.59 Å². The van der Waals surface area contributed by atoms with Crippen LogP contribution in [-0.2, 0) is 29.1 Å². The topological polar surface area (TPSA) is 145 Å². The van der Waals surface area contributed by atoms with Crippen LogP contribution < -0.4 is 15.8 Å². The van der Waals surface area contributed by atoms with Crippen molar-refractivity contribution in [3.05, 3.63) is 24.3 Å². The van der Waals surface area contributed by atoms with Gasteiger partial charge in [0.15, 0.2) is 0 Å². The van der Waals surface area contributed by atoms with Gasteiger partial charge in [0.25, 0.3) is 10.0 Å². The van der Waals surface area contributed by atoms with Crippen molar-refractivity contribution >= 4 is 33.5 Å². The summed E-state index contributed by atoms with van der Waals surface area (Å²) in [6, 6.07) is 4.84. The number of amides is 2. The van der Waals surface area contributed by atoms with Crippen LogP contribution in [0.2, 0.25) is 0 Å². The molecule has 4 N–H and O–H groups in total. The van der Waals surface area contributed by atoms with Crippen LogP contribution in [0.1, 0.15) is 6.92 Å². The van der Waals surface area contributed by atoms with E-state index in [-0.39, 0.29) is 17.2 Å². The van der Waals surface area contributed by atoms with E-state index in [1.165, 1.54) is 12.1 Å². The molecule has 0 aliphatic rings. The predicted octanol–water partition coefficient (Wildman–Crippen LogP) is -1.05. The molecule has 2 amide bonds. The zero-order valence-corrected chi connectivity index (χ0v) is 12.5. The van der Waals surface area contributed by atoms with E-state index in [0.717, 1.165) is 12.1 Å². The Morgan fingerprint density at radius 2 is 1.77 bits per heavy atom. The highest BCUT2D eigenvalue weighted by Crippen LogP contribution is 2.14. The second kappa shape index (κ2) is 7.52. The highest BCUT2D eigenvalue weighted by atomic mass is 32.2. The van der Waals surface area contributed by atoms with Gasteiger partial charge in [0.05, 0.1) is 18.0 Å². The first kappa shape index (κ1) is 17.6. The lowest BCUT2D eigenvalue weighted by molar-refractivity contribution is -0.152. The number of benzene rings is 1. The van der Waals surface area contributed by atoms with Gasteiger partial charge in [-0.1, -0.05) is 0 Å². The molecule has 0 saturated heterocycles. The van der Waals surface area contributed by atoms with Gasteiger partial charge in [0.1, 0.15) is 0 Å². The Morgan fingerprint density at radius 3 is 2.27 bits per heavy atom. The van der Waals surface area contributed by atoms with E-state index in [9.17, 15) is 22.8 Å². The van der Waals surface area contributed by atoms with Crippen molar-refractivity contribution in [1.82, 2.24) is 4.72 Å². The number of nitrogens with two attached hydrogens (primary N) is 1. The minimum absolute atomic E-state index is 0.0598. The summed E-state index contributed by atoms with van der Waals surface area (Å²) >= 11 is 0. The van der Waals surface area contributed by atoms with Crippen LogP contribution in [0.4, 0.5) is 5.69 Å². The molecule has 22 heavy (non-hydrogen) atoms. The van der Waals surface area contributed by atoms with Crippen LogP contribution in [0.15, 0.2) is 29.2 Å². The number of carbonyl (C=O) groups is 3. The Bertz CT molecular complexity index is 669. The van der Waals surface area contributed by atoms with E-state index in [2.05, 4.69) is 10.1 Å². The number of anilines is 1. The average Bonchev–Trinajstić information content (AvgIpc) is 2.47. The number of nitrogens with one attached hydrogen (secondary N) is 2. The molecule has 0 fully saturated rings. The van der Waals surface area contributed by atoms with Crippen LogP contribution in [0.5, 0.6) is 0 Å². The smallest absolute Gasteiger partial charge is 0.397 e. The normalized spacial score (nSPS) is 10.6. The summed E-state index contributed by atoms with van der Waals surface area (Å²) in [5.41, 5.74) is 5.22. The fourth-order valence-electron chi connectivity index (χ4n) is 1.35. The summed E-state index contributed by atoms with van der Waals surface area (Å²) in [6.07, 6.45) is 0. The van der Waals surface area contributed by atoms with Gasteiger partial charge < -0.3 is 15.8 Å². The highest BCUT2D eigenvalue weighted by Gasteiger charge is 2.18. The third kappa shape index (κ3) is 4.82. The summed E-state index contributed by atoms with van der Waals surface area (Å²) in [5, 5.41) is 2.24. The number of hydrogen-bond donors (Lipinski definition) is 3. The molecule has 1 aromatic rings. The van der Waals surface area contributed by atoms with Gasteiger partial charge in [-0.25, -0.2) is 17.9 Å². The molecule has 1 aromatic carbocycles. The SMILES string of the molecule is CCOC(=O)C(=O)Nc1ccc(S(=O)(=O)NC(=O)CN)cc1. The first-order chi connectivity index (χ1) is 10.3. The Labute approximate surface area is 126 Å². The van der Waals surface area contributed by atoms with Crippen LogP contribution in [0.25, 0.3) is 0 Å². The Hall–Kier alpha value is -2.46. The maximum Gasteiger partial charge on any atom is 0.397 e. The van der Waals surface area contributed by atoms with Gasteiger partial charge in [-0.05, 0) is 31.2 Å². The molecule has 0 unspecified atom stereocenters. The van der Waals surface area contributed by atoms with Gasteiger partial charge >= 0.3 is 11.9 Å². The molecular weight excluding hydrogens is 314 g/mol. The Kier molecular flexibility index (Phi) is 6.01. The maximum atomic E-state index is 11.8. The largest absolute Gasteiger partial charge is 0.459 e. The molecule has 1 rings (SSSR count). The van der Waals surface area contributed by atoms with E-state index < -0.39 is 34.4 Å². The lowest BCUT2D eigenvalue weighted by atomic mass is 10.3. The molecule has 120 valence electrons. The van der Waals surface area contributed by atoms with Crippen LogP contribution in [0.3, 0.4) is 0 Å². The molecule has 9 nitrogen and oxygen atoms in total. The fourth-order valence-corrected chi connectivity index (χ4v) is 2.34. The standard InChI is InChI=1S/C12H15N3O6S/c1-2-21-12(18)11(17)14-8-3-5-9(6-4-8)22(19,20)15-10(16)7-13/h3-6H,2,7,13H2,1H3,(H,14,17)(H,15,16). The Morgan fingerprint density at radius 1 is 1.18 bits per heavy atom. The number of carbonyl (C=O) groups excluding carboxylic acids is 3. The monoisotopic (exact) mass is 329 g/mol. The van der Waals surface area contributed by atoms with Crippen molar-refractivity contribution < 1.29 is 27.5 Å². The van der Waals surface area contributed by atoms with E-state index >= 15 is 0 Å². The van der Waals surface area contributed by atoms with Crippen LogP contribution in [-0.4, -0.2) is 39.4 Å². The third-order valence-electron chi connectivity index (χ3n) is 2.32. The molecule has 0 atom stereocenters. The van der Waals surface area contributed by atoms with Gasteiger partial charge in [-0.2, -0.15) is 0 Å². The number of hydrogen-bond acceptors (Lipinski definition) is 7. The lowest BCUT2D eigenvalue weighted by Crippen LogP contribution is -2.35. The predicted molar refractivity (Wildman–Crippen MR) is 76.1 cm³/mol. The average molecular weight is 329 g/mol. The van der Waals surface area contributed by atoms with E-state index in [1.54, 1.807) is 11.6 Å². The van der Waals surface area contributed by atoms with Gasteiger partial charge in [-0.15, -0.1) is 0 Å². The van der Waals surface area contributed by atoms with Crippen LogP contribution >= 0.6 is 0 Å². The number of esters is 1. The molecule has 0 saturated carbocycles.